The van der Waals surface area contributed by atoms with Gasteiger partial charge in [-0.25, -0.2) is 0 Å². The first kappa shape index (κ1) is 12.5. The van der Waals surface area contributed by atoms with Gasteiger partial charge in [0.25, 0.3) is 0 Å². The smallest absolute Gasteiger partial charge is 0.0991 e. The molecule has 0 unspecified atom stereocenters. The first-order chi connectivity index (χ1) is 8.69. The van der Waals surface area contributed by atoms with Gasteiger partial charge in [0.1, 0.15) is 0 Å². The van der Waals surface area contributed by atoms with Crippen LogP contribution in [-0.2, 0) is 5.75 Å². The topological polar surface area (TPSA) is 49.8 Å². The van der Waals surface area contributed by atoms with Crippen LogP contribution in [0, 0.1) is 18.3 Å². The molecule has 0 amide bonds. The molecule has 0 aliphatic heterocycles. The van der Waals surface area contributed by atoms with Gasteiger partial charge in [-0.3, -0.25) is 0 Å². The molecule has 0 atom stereocenters. The van der Waals surface area contributed by atoms with E-state index in [1.54, 1.807) is 11.8 Å². The number of nitrogens with two attached hydrogens (primary N) is 1. The number of nitriles is 1. The molecule has 90 valence electrons. The quantitative estimate of drug-likeness (QED) is 0.670. The van der Waals surface area contributed by atoms with Crippen LogP contribution in [0.4, 0.5) is 5.69 Å². The highest BCUT2D eigenvalue weighted by molar-refractivity contribution is 7.98. The lowest BCUT2D eigenvalue weighted by atomic mass is 10.1. The van der Waals surface area contributed by atoms with Crippen molar-refractivity contribution in [3.05, 3.63) is 59.2 Å². The second kappa shape index (κ2) is 5.61. The van der Waals surface area contributed by atoms with Crippen LogP contribution in [0.3, 0.4) is 0 Å². The van der Waals surface area contributed by atoms with Gasteiger partial charge in [-0.05, 0) is 54.4 Å². The van der Waals surface area contributed by atoms with Crippen molar-refractivity contribution in [2.75, 3.05) is 5.73 Å². The predicted octanol–water partition coefficient (Wildman–Crippen LogP) is 3.74. The second-order valence-electron chi connectivity index (χ2n) is 4.11. The van der Waals surface area contributed by atoms with Gasteiger partial charge in [0.2, 0.25) is 0 Å². The summed E-state index contributed by atoms with van der Waals surface area (Å²) in [6.45, 7) is 2.04. The summed E-state index contributed by atoms with van der Waals surface area (Å²) in [5, 5.41) is 8.82. The number of nitrogen functional groups attached to an aromatic ring is 1. The van der Waals surface area contributed by atoms with Crippen molar-refractivity contribution >= 4 is 17.4 Å². The maximum absolute atomic E-state index is 8.82. The van der Waals surface area contributed by atoms with Crippen LogP contribution in [0.25, 0.3) is 0 Å². The average Bonchev–Trinajstić information content (AvgIpc) is 2.39. The summed E-state index contributed by atoms with van der Waals surface area (Å²) in [4.78, 5) is 1.20. The number of hydrogen-bond acceptors (Lipinski definition) is 3. The van der Waals surface area contributed by atoms with Crippen LogP contribution in [-0.4, -0.2) is 0 Å². The van der Waals surface area contributed by atoms with E-state index < -0.39 is 0 Å². The standard InChI is InChI=1S/C15H14N2S/c1-11-8-12(9-16)2-3-13(11)10-18-15-6-4-14(17)5-7-15/h2-8H,10,17H2,1H3. The van der Waals surface area contributed by atoms with Crippen LogP contribution in [0.1, 0.15) is 16.7 Å². The molecule has 0 bridgehead atoms. The van der Waals surface area contributed by atoms with Crippen molar-refractivity contribution in [1.82, 2.24) is 0 Å². The lowest BCUT2D eigenvalue weighted by Gasteiger charge is -2.06. The van der Waals surface area contributed by atoms with Gasteiger partial charge in [0.15, 0.2) is 0 Å². The first-order valence-corrected chi connectivity index (χ1v) is 6.65. The van der Waals surface area contributed by atoms with Gasteiger partial charge < -0.3 is 5.73 Å². The summed E-state index contributed by atoms with van der Waals surface area (Å²) in [5.74, 6) is 0.904. The minimum atomic E-state index is 0.716. The highest BCUT2D eigenvalue weighted by atomic mass is 32.2. The van der Waals surface area contributed by atoms with Crippen molar-refractivity contribution in [1.29, 1.82) is 5.26 Å². The van der Waals surface area contributed by atoms with Crippen LogP contribution in [0.2, 0.25) is 0 Å². The zero-order valence-corrected chi connectivity index (χ0v) is 11.0. The SMILES string of the molecule is Cc1cc(C#N)ccc1CSc1ccc(N)cc1. The van der Waals surface area contributed by atoms with Crippen molar-refractivity contribution in [3.8, 4) is 6.07 Å². The molecular weight excluding hydrogens is 240 g/mol. The van der Waals surface area contributed by atoms with E-state index in [-0.39, 0.29) is 0 Å². The Labute approximate surface area is 111 Å². The molecule has 0 aromatic heterocycles. The summed E-state index contributed by atoms with van der Waals surface area (Å²) < 4.78 is 0. The highest BCUT2D eigenvalue weighted by Gasteiger charge is 2.01. The molecular formula is C15H14N2S. The molecule has 2 aromatic carbocycles. The monoisotopic (exact) mass is 254 g/mol. The second-order valence-corrected chi connectivity index (χ2v) is 5.16. The number of thioether (sulfide) groups is 1. The average molecular weight is 254 g/mol. The predicted molar refractivity (Wildman–Crippen MR) is 76.3 cm³/mol. The molecule has 0 spiro atoms. The van der Waals surface area contributed by atoms with E-state index in [2.05, 4.69) is 6.07 Å². The summed E-state index contributed by atoms with van der Waals surface area (Å²) in [6, 6.07) is 15.9. The molecule has 0 saturated heterocycles. The molecule has 2 nitrogen and oxygen atoms in total. The van der Waals surface area contributed by atoms with E-state index in [1.165, 1.54) is 10.5 Å². The highest BCUT2D eigenvalue weighted by Crippen LogP contribution is 2.25. The zero-order valence-electron chi connectivity index (χ0n) is 10.2. The van der Waals surface area contributed by atoms with Crippen molar-refractivity contribution < 1.29 is 0 Å². The molecule has 0 fully saturated rings. The Bertz CT molecular complexity index is 582. The van der Waals surface area contributed by atoms with Gasteiger partial charge in [-0.15, -0.1) is 11.8 Å². The normalized spacial score (nSPS) is 10.0. The summed E-state index contributed by atoms with van der Waals surface area (Å²) in [7, 11) is 0. The molecule has 0 aliphatic carbocycles. The van der Waals surface area contributed by atoms with Crippen LogP contribution in [0.15, 0.2) is 47.4 Å². The van der Waals surface area contributed by atoms with Gasteiger partial charge in [-0.2, -0.15) is 5.26 Å². The van der Waals surface area contributed by atoms with Gasteiger partial charge >= 0.3 is 0 Å². The molecule has 0 saturated carbocycles. The number of aryl methyl sites for hydroxylation is 1. The number of benzene rings is 2. The Morgan fingerprint density at radius 3 is 2.50 bits per heavy atom. The molecule has 0 radical (unpaired) electrons. The molecule has 0 heterocycles. The van der Waals surface area contributed by atoms with Gasteiger partial charge in [-0.1, -0.05) is 6.07 Å². The Hall–Kier alpha value is -1.92. The Morgan fingerprint density at radius 2 is 1.89 bits per heavy atom. The Kier molecular flexibility index (Phi) is 3.91. The van der Waals surface area contributed by atoms with E-state index in [0.29, 0.717) is 5.56 Å². The van der Waals surface area contributed by atoms with Crippen molar-refractivity contribution in [3.63, 3.8) is 0 Å². The van der Waals surface area contributed by atoms with E-state index in [0.717, 1.165) is 17.0 Å². The number of anilines is 1. The summed E-state index contributed by atoms with van der Waals surface area (Å²) in [5.41, 5.74) is 9.58. The lowest BCUT2D eigenvalue weighted by molar-refractivity contribution is 1.29. The maximum Gasteiger partial charge on any atom is 0.0991 e. The first-order valence-electron chi connectivity index (χ1n) is 5.67. The molecule has 2 N–H and O–H groups in total. The Morgan fingerprint density at radius 1 is 1.17 bits per heavy atom. The maximum atomic E-state index is 8.82. The third kappa shape index (κ3) is 3.06. The van der Waals surface area contributed by atoms with Crippen LogP contribution in [0.5, 0.6) is 0 Å². The fraction of sp³-hybridized carbons (Fsp3) is 0.133. The minimum Gasteiger partial charge on any atom is -0.399 e. The fourth-order valence-corrected chi connectivity index (χ4v) is 2.63. The molecule has 2 rings (SSSR count). The van der Waals surface area contributed by atoms with Gasteiger partial charge in [0, 0.05) is 16.3 Å². The van der Waals surface area contributed by atoms with Crippen LogP contribution >= 0.6 is 11.8 Å². The largest absolute Gasteiger partial charge is 0.399 e. The Balaban J connectivity index is 2.06. The fourth-order valence-electron chi connectivity index (χ4n) is 1.65. The number of rotatable bonds is 3. The van der Waals surface area contributed by atoms with Crippen molar-refractivity contribution in [2.24, 2.45) is 0 Å². The molecule has 0 aliphatic rings. The molecule has 3 heteroatoms. The third-order valence-corrected chi connectivity index (χ3v) is 3.81. The summed E-state index contributed by atoms with van der Waals surface area (Å²) >= 11 is 1.77. The number of nitrogens with zero attached hydrogens (tertiary/aromatic N) is 1. The van der Waals surface area contributed by atoms with Crippen molar-refractivity contribution in [2.45, 2.75) is 17.6 Å². The van der Waals surface area contributed by atoms with Crippen LogP contribution < -0.4 is 5.73 Å². The number of hydrogen-bond donors (Lipinski definition) is 1. The van der Waals surface area contributed by atoms with E-state index >= 15 is 0 Å². The zero-order chi connectivity index (χ0) is 13.0. The summed E-state index contributed by atoms with van der Waals surface area (Å²) in [6.07, 6.45) is 0. The van der Waals surface area contributed by atoms with E-state index in [1.807, 2.05) is 49.4 Å². The molecule has 18 heavy (non-hydrogen) atoms. The van der Waals surface area contributed by atoms with E-state index in [4.69, 9.17) is 11.0 Å². The minimum absolute atomic E-state index is 0.716. The van der Waals surface area contributed by atoms with Gasteiger partial charge in [0.05, 0.1) is 11.6 Å². The molecule has 2 aromatic rings. The lowest BCUT2D eigenvalue weighted by Crippen LogP contribution is -1.88. The third-order valence-electron chi connectivity index (χ3n) is 2.75. The van der Waals surface area contributed by atoms with E-state index in [9.17, 15) is 0 Å².